The third kappa shape index (κ3) is 3.25. The summed E-state index contributed by atoms with van der Waals surface area (Å²) in [5.41, 5.74) is 0.785. The topological polar surface area (TPSA) is 49.8 Å². The van der Waals surface area contributed by atoms with Gasteiger partial charge in [0.2, 0.25) is 0 Å². The number of benzene rings is 1. The van der Waals surface area contributed by atoms with E-state index in [2.05, 4.69) is 4.74 Å². The predicted molar refractivity (Wildman–Crippen MR) is 56.4 cm³/mol. The van der Waals surface area contributed by atoms with Crippen LogP contribution >= 0.6 is 0 Å². The van der Waals surface area contributed by atoms with Gasteiger partial charge < -0.3 is 14.7 Å². The number of aliphatic hydroxyl groups excluding tert-OH is 1. The highest BCUT2D eigenvalue weighted by Crippen LogP contribution is 2.12. The Morgan fingerprint density at radius 3 is 2.60 bits per heavy atom. The first-order chi connectivity index (χ1) is 7.15. The molecule has 0 spiro atoms. The van der Waals surface area contributed by atoms with Gasteiger partial charge in [-0.05, 0) is 5.56 Å². The van der Waals surface area contributed by atoms with Crippen LogP contribution < -0.4 is 0 Å². The number of aliphatic hydroxyl groups is 1. The number of hydrogen-bond donors (Lipinski definition) is 1. The van der Waals surface area contributed by atoms with Crippen molar-refractivity contribution < 1.29 is 14.6 Å². The van der Waals surface area contributed by atoms with Crippen LogP contribution in [0.3, 0.4) is 0 Å². The first kappa shape index (κ1) is 11.5. The van der Waals surface area contributed by atoms with Crippen molar-refractivity contribution in [2.45, 2.75) is 6.10 Å². The number of hydrogen-bond acceptors (Lipinski definition) is 3. The molecule has 0 aliphatic carbocycles. The number of methoxy groups -OCH3 is 1. The van der Waals surface area contributed by atoms with E-state index in [1.807, 2.05) is 30.3 Å². The highest BCUT2D eigenvalue weighted by Gasteiger charge is 2.14. The average Bonchev–Trinajstić information content (AvgIpc) is 2.29. The van der Waals surface area contributed by atoms with Gasteiger partial charge in [0, 0.05) is 7.05 Å². The molecule has 1 atom stereocenters. The SMILES string of the molecule is COC(=O)N(C)C[C@H](O)c1ccccc1. The molecule has 0 aliphatic rings. The predicted octanol–water partition coefficient (Wildman–Crippen LogP) is 1.42. The van der Waals surface area contributed by atoms with Gasteiger partial charge in [-0.3, -0.25) is 0 Å². The summed E-state index contributed by atoms with van der Waals surface area (Å²) in [6.45, 7) is 0.219. The molecule has 0 aromatic heterocycles. The number of carbonyl (C=O) groups excluding carboxylic acids is 1. The zero-order valence-corrected chi connectivity index (χ0v) is 8.88. The van der Waals surface area contributed by atoms with Crippen molar-refractivity contribution in [3.05, 3.63) is 35.9 Å². The maximum absolute atomic E-state index is 11.1. The van der Waals surface area contributed by atoms with Crippen LogP contribution in [0.4, 0.5) is 4.79 Å². The van der Waals surface area contributed by atoms with E-state index < -0.39 is 12.2 Å². The first-order valence-corrected chi connectivity index (χ1v) is 4.67. The van der Waals surface area contributed by atoms with E-state index in [0.29, 0.717) is 0 Å². The molecule has 1 aromatic rings. The second-order valence-corrected chi connectivity index (χ2v) is 3.28. The Hall–Kier alpha value is -1.55. The molecule has 0 saturated heterocycles. The molecule has 0 bridgehead atoms. The summed E-state index contributed by atoms with van der Waals surface area (Å²) < 4.78 is 4.52. The molecule has 0 heterocycles. The van der Waals surface area contributed by atoms with Crippen LogP contribution in [0.5, 0.6) is 0 Å². The van der Waals surface area contributed by atoms with Gasteiger partial charge >= 0.3 is 6.09 Å². The van der Waals surface area contributed by atoms with Crippen molar-refractivity contribution in [1.82, 2.24) is 4.90 Å². The fourth-order valence-corrected chi connectivity index (χ4v) is 1.27. The zero-order chi connectivity index (χ0) is 11.3. The molecular weight excluding hydrogens is 194 g/mol. The summed E-state index contributed by atoms with van der Waals surface area (Å²) in [4.78, 5) is 12.4. The summed E-state index contributed by atoms with van der Waals surface area (Å²) >= 11 is 0. The molecule has 1 rings (SSSR count). The molecule has 0 unspecified atom stereocenters. The lowest BCUT2D eigenvalue weighted by Gasteiger charge is -2.19. The summed E-state index contributed by atoms with van der Waals surface area (Å²) in [5, 5.41) is 9.79. The molecule has 82 valence electrons. The smallest absolute Gasteiger partial charge is 0.409 e. The second kappa shape index (κ2) is 5.36. The van der Waals surface area contributed by atoms with Crippen LogP contribution in [-0.2, 0) is 4.74 Å². The number of ether oxygens (including phenoxy) is 1. The van der Waals surface area contributed by atoms with Crippen LogP contribution in [0.2, 0.25) is 0 Å². The standard InChI is InChI=1S/C11H15NO3/c1-12(11(14)15-2)8-10(13)9-6-4-3-5-7-9/h3-7,10,13H,8H2,1-2H3/t10-/m0/s1. The molecule has 0 saturated carbocycles. The number of rotatable bonds is 3. The molecule has 0 fully saturated rings. The van der Waals surface area contributed by atoms with Crippen molar-refractivity contribution in [3.63, 3.8) is 0 Å². The minimum atomic E-state index is -0.685. The Kier molecular flexibility index (Phi) is 4.12. The van der Waals surface area contributed by atoms with Crippen molar-refractivity contribution in [1.29, 1.82) is 0 Å². The van der Waals surface area contributed by atoms with Gasteiger partial charge in [0.1, 0.15) is 0 Å². The molecular formula is C11H15NO3. The maximum Gasteiger partial charge on any atom is 0.409 e. The lowest BCUT2D eigenvalue weighted by atomic mass is 10.1. The summed E-state index contributed by atoms with van der Waals surface area (Å²) in [6, 6.07) is 9.19. The maximum atomic E-state index is 11.1. The van der Waals surface area contributed by atoms with Gasteiger partial charge in [-0.2, -0.15) is 0 Å². The molecule has 0 radical (unpaired) electrons. The van der Waals surface area contributed by atoms with Crippen molar-refractivity contribution in [2.24, 2.45) is 0 Å². The van der Waals surface area contributed by atoms with Gasteiger partial charge in [0.25, 0.3) is 0 Å². The fraction of sp³-hybridized carbons (Fsp3) is 0.364. The van der Waals surface area contributed by atoms with Crippen LogP contribution in [0.1, 0.15) is 11.7 Å². The van der Waals surface area contributed by atoms with Crippen LogP contribution in [0.25, 0.3) is 0 Å². The lowest BCUT2D eigenvalue weighted by Crippen LogP contribution is -2.30. The molecule has 1 amide bonds. The molecule has 1 aromatic carbocycles. The Morgan fingerprint density at radius 2 is 2.07 bits per heavy atom. The molecule has 15 heavy (non-hydrogen) atoms. The van der Waals surface area contributed by atoms with Crippen LogP contribution in [0.15, 0.2) is 30.3 Å². The molecule has 0 aliphatic heterocycles. The third-order valence-electron chi connectivity index (χ3n) is 2.12. The van der Waals surface area contributed by atoms with E-state index in [0.717, 1.165) is 5.56 Å². The van der Waals surface area contributed by atoms with Crippen molar-refractivity contribution in [2.75, 3.05) is 20.7 Å². The van der Waals surface area contributed by atoms with Gasteiger partial charge in [0.15, 0.2) is 0 Å². The van der Waals surface area contributed by atoms with Crippen LogP contribution in [0, 0.1) is 0 Å². The molecule has 4 heteroatoms. The fourth-order valence-electron chi connectivity index (χ4n) is 1.27. The largest absolute Gasteiger partial charge is 0.453 e. The minimum absolute atomic E-state index is 0.219. The number of carbonyl (C=O) groups is 1. The Balaban J connectivity index is 2.56. The van der Waals surface area contributed by atoms with Crippen molar-refractivity contribution in [3.8, 4) is 0 Å². The van der Waals surface area contributed by atoms with Gasteiger partial charge in [-0.1, -0.05) is 30.3 Å². The third-order valence-corrected chi connectivity index (χ3v) is 2.12. The minimum Gasteiger partial charge on any atom is -0.453 e. The van der Waals surface area contributed by atoms with Gasteiger partial charge in [-0.25, -0.2) is 4.79 Å². The molecule has 1 N–H and O–H groups in total. The normalized spacial score (nSPS) is 11.9. The number of amides is 1. The van der Waals surface area contributed by atoms with E-state index in [9.17, 15) is 9.90 Å². The lowest BCUT2D eigenvalue weighted by molar-refractivity contribution is 0.0965. The Morgan fingerprint density at radius 1 is 1.47 bits per heavy atom. The number of likely N-dealkylation sites (N-methyl/N-ethyl adjacent to an activating group) is 1. The summed E-state index contributed by atoms with van der Waals surface area (Å²) in [6.07, 6.45) is -1.14. The summed E-state index contributed by atoms with van der Waals surface area (Å²) in [7, 11) is 2.89. The second-order valence-electron chi connectivity index (χ2n) is 3.28. The van der Waals surface area contributed by atoms with Gasteiger partial charge in [-0.15, -0.1) is 0 Å². The van der Waals surface area contributed by atoms with E-state index in [1.54, 1.807) is 7.05 Å². The highest BCUT2D eigenvalue weighted by atomic mass is 16.5. The van der Waals surface area contributed by atoms with E-state index in [1.165, 1.54) is 12.0 Å². The Bertz CT molecular complexity index is 313. The number of nitrogens with zero attached hydrogens (tertiary/aromatic N) is 1. The van der Waals surface area contributed by atoms with E-state index in [4.69, 9.17) is 0 Å². The highest BCUT2D eigenvalue weighted by molar-refractivity contribution is 5.66. The molecule has 4 nitrogen and oxygen atoms in total. The monoisotopic (exact) mass is 209 g/mol. The first-order valence-electron chi connectivity index (χ1n) is 4.67. The van der Waals surface area contributed by atoms with E-state index >= 15 is 0 Å². The summed E-state index contributed by atoms with van der Waals surface area (Å²) in [5.74, 6) is 0. The van der Waals surface area contributed by atoms with Crippen molar-refractivity contribution >= 4 is 6.09 Å². The van der Waals surface area contributed by atoms with Gasteiger partial charge in [0.05, 0.1) is 19.8 Å². The quantitative estimate of drug-likeness (QED) is 0.819. The zero-order valence-electron chi connectivity index (χ0n) is 8.88. The van der Waals surface area contributed by atoms with Crippen LogP contribution in [-0.4, -0.2) is 36.8 Å². The average molecular weight is 209 g/mol. The van der Waals surface area contributed by atoms with E-state index in [-0.39, 0.29) is 6.54 Å². The Labute approximate surface area is 89.1 Å².